The third-order valence-electron chi connectivity index (χ3n) is 3.63. The monoisotopic (exact) mass is 279 g/mol. The van der Waals surface area contributed by atoms with E-state index in [1.165, 1.54) is 23.4 Å². The SMILES string of the molecule is CCC(C)SCc1nc2c(c(C(C)C)n1)CCNC2. The number of nitrogens with one attached hydrogen (secondary N) is 1. The van der Waals surface area contributed by atoms with E-state index in [0.717, 1.165) is 31.1 Å². The van der Waals surface area contributed by atoms with Gasteiger partial charge in [0.15, 0.2) is 0 Å². The number of fused-ring (bicyclic) bond motifs is 1. The number of hydrogen-bond acceptors (Lipinski definition) is 4. The molecular weight excluding hydrogens is 254 g/mol. The van der Waals surface area contributed by atoms with E-state index >= 15 is 0 Å². The quantitative estimate of drug-likeness (QED) is 0.897. The van der Waals surface area contributed by atoms with Crippen LogP contribution in [-0.4, -0.2) is 21.8 Å². The highest BCUT2D eigenvalue weighted by molar-refractivity contribution is 7.99. The Bertz CT molecular complexity index is 432. The molecule has 1 atom stereocenters. The van der Waals surface area contributed by atoms with Crippen LogP contribution in [0, 0.1) is 0 Å². The van der Waals surface area contributed by atoms with Crippen LogP contribution in [0.25, 0.3) is 0 Å². The summed E-state index contributed by atoms with van der Waals surface area (Å²) in [5.74, 6) is 2.43. The van der Waals surface area contributed by atoms with Crippen LogP contribution in [0.2, 0.25) is 0 Å². The Kier molecular flexibility index (Phi) is 5.22. The summed E-state index contributed by atoms with van der Waals surface area (Å²) < 4.78 is 0. The molecule has 1 aliphatic heterocycles. The molecule has 0 spiro atoms. The molecule has 2 heterocycles. The fourth-order valence-corrected chi connectivity index (χ4v) is 3.12. The molecule has 0 saturated heterocycles. The molecule has 0 bridgehead atoms. The van der Waals surface area contributed by atoms with Gasteiger partial charge in [-0.3, -0.25) is 0 Å². The van der Waals surface area contributed by atoms with Crippen molar-refractivity contribution in [1.29, 1.82) is 0 Å². The number of rotatable bonds is 5. The van der Waals surface area contributed by atoms with Crippen molar-refractivity contribution in [2.24, 2.45) is 0 Å². The van der Waals surface area contributed by atoms with E-state index in [-0.39, 0.29) is 0 Å². The smallest absolute Gasteiger partial charge is 0.138 e. The standard InChI is InChI=1S/C15H25N3S/c1-5-11(4)19-9-14-17-13-8-16-7-6-12(13)15(18-14)10(2)3/h10-11,16H,5-9H2,1-4H3. The molecule has 0 radical (unpaired) electrons. The van der Waals surface area contributed by atoms with Gasteiger partial charge in [-0.25, -0.2) is 9.97 Å². The normalized spacial score (nSPS) is 16.5. The number of nitrogens with zero attached hydrogens (tertiary/aromatic N) is 2. The highest BCUT2D eigenvalue weighted by Crippen LogP contribution is 2.25. The van der Waals surface area contributed by atoms with Gasteiger partial charge in [-0.15, -0.1) is 0 Å². The average molecular weight is 279 g/mol. The Hall–Kier alpha value is -0.610. The molecule has 19 heavy (non-hydrogen) atoms. The molecule has 1 N–H and O–H groups in total. The molecule has 4 heteroatoms. The maximum atomic E-state index is 4.83. The lowest BCUT2D eigenvalue weighted by atomic mass is 9.97. The number of aromatic nitrogens is 2. The van der Waals surface area contributed by atoms with E-state index in [4.69, 9.17) is 9.97 Å². The van der Waals surface area contributed by atoms with Crippen LogP contribution in [0.15, 0.2) is 0 Å². The number of hydrogen-bond donors (Lipinski definition) is 1. The first kappa shape index (κ1) is 14.8. The van der Waals surface area contributed by atoms with E-state index in [1.807, 2.05) is 11.8 Å². The van der Waals surface area contributed by atoms with Gasteiger partial charge in [-0.2, -0.15) is 11.8 Å². The predicted octanol–water partition coefficient (Wildman–Crippen LogP) is 3.28. The minimum atomic E-state index is 0.488. The minimum Gasteiger partial charge on any atom is -0.311 e. The highest BCUT2D eigenvalue weighted by Gasteiger charge is 2.19. The van der Waals surface area contributed by atoms with Crippen LogP contribution in [0.3, 0.4) is 0 Å². The van der Waals surface area contributed by atoms with Crippen molar-refractivity contribution in [2.45, 2.75) is 64.0 Å². The lowest BCUT2D eigenvalue weighted by Crippen LogP contribution is -2.27. The zero-order chi connectivity index (χ0) is 13.8. The van der Waals surface area contributed by atoms with Crippen molar-refractivity contribution in [3.05, 3.63) is 22.8 Å². The van der Waals surface area contributed by atoms with Gasteiger partial charge < -0.3 is 5.32 Å². The van der Waals surface area contributed by atoms with E-state index < -0.39 is 0 Å². The Morgan fingerprint density at radius 1 is 1.26 bits per heavy atom. The first-order valence-corrected chi connectivity index (χ1v) is 8.37. The van der Waals surface area contributed by atoms with Crippen LogP contribution in [0.1, 0.15) is 62.8 Å². The summed E-state index contributed by atoms with van der Waals surface area (Å²) in [6.07, 6.45) is 2.27. The predicted molar refractivity (Wildman–Crippen MR) is 82.6 cm³/mol. The second kappa shape index (κ2) is 6.71. The molecule has 2 rings (SSSR count). The Balaban J connectivity index is 2.23. The molecule has 0 amide bonds. The van der Waals surface area contributed by atoms with Crippen molar-refractivity contribution >= 4 is 11.8 Å². The van der Waals surface area contributed by atoms with Gasteiger partial charge in [-0.1, -0.05) is 27.7 Å². The summed E-state index contributed by atoms with van der Waals surface area (Å²) in [6, 6.07) is 0. The lowest BCUT2D eigenvalue weighted by Gasteiger charge is -2.22. The van der Waals surface area contributed by atoms with Crippen LogP contribution < -0.4 is 5.32 Å². The minimum absolute atomic E-state index is 0.488. The summed E-state index contributed by atoms with van der Waals surface area (Å²) in [5.41, 5.74) is 3.89. The van der Waals surface area contributed by atoms with Crippen molar-refractivity contribution < 1.29 is 0 Å². The Labute approximate surface area is 121 Å². The third kappa shape index (κ3) is 3.69. The maximum absolute atomic E-state index is 4.83. The van der Waals surface area contributed by atoms with Crippen LogP contribution >= 0.6 is 11.8 Å². The van der Waals surface area contributed by atoms with E-state index in [1.54, 1.807) is 0 Å². The van der Waals surface area contributed by atoms with Crippen LogP contribution in [-0.2, 0) is 18.7 Å². The van der Waals surface area contributed by atoms with Gasteiger partial charge in [0.2, 0.25) is 0 Å². The second-order valence-corrected chi connectivity index (χ2v) is 6.99. The molecule has 1 aromatic rings. The first-order chi connectivity index (χ1) is 9.11. The molecule has 106 valence electrons. The largest absolute Gasteiger partial charge is 0.311 e. The number of thioether (sulfide) groups is 1. The van der Waals surface area contributed by atoms with Crippen molar-refractivity contribution in [3.8, 4) is 0 Å². The second-order valence-electron chi connectivity index (χ2n) is 5.56. The fourth-order valence-electron chi connectivity index (χ4n) is 2.32. The molecule has 1 unspecified atom stereocenters. The van der Waals surface area contributed by atoms with Gasteiger partial charge in [0.05, 0.1) is 17.1 Å². The Morgan fingerprint density at radius 3 is 2.74 bits per heavy atom. The van der Waals surface area contributed by atoms with E-state index in [2.05, 4.69) is 33.0 Å². The van der Waals surface area contributed by atoms with Crippen LogP contribution in [0.4, 0.5) is 0 Å². The third-order valence-corrected chi connectivity index (χ3v) is 4.96. The van der Waals surface area contributed by atoms with Crippen molar-refractivity contribution in [2.75, 3.05) is 6.54 Å². The molecule has 0 aliphatic carbocycles. The van der Waals surface area contributed by atoms with Gasteiger partial charge in [0, 0.05) is 11.8 Å². The van der Waals surface area contributed by atoms with Crippen LogP contribution in [0.5, 0.6) is 0 Å². The fraction of sp³-hybridized carbons (Fsp3) is 0.733. The first-order valence-electron chi connectivity index (χ1n) is 7.32. The van der Waals surface area contributed by atoms with E-state index in [0.29, 0.717) is 11.2 Å². The summed E-state index contributed by atoms with van der Waals surface area (Å²) in [7, 11) is 0. The maximum Gasteiger partial charge on any atom is 0.138 e. The summed E-state index contributed by atoms with van der Waals surface area (Å²) in [5, 5.41) is 4.09. The topological polar surface area (TPSA) is 37.8 Å². The zero-order valence-corrected chi connectivity index (χ0v) is 13.3. The molecule has 0 aromatic carbocycles. The highest BCUT2D eigenvalue weighted by atomic mass is 32.2. The van der Waals surface area contributed by atoms with Crippen molar-refractivity contribution in [1.82, 2.24) is 15.3 Å². The zero-order valence-electron chi connectivity index (χ0n) is 12.5. The summed E-state index contributed by atoms with van der Waals surface area (Å²) >= 11 is 1.96. The van der Waals surface area contributed by atoms with Gasteiger partial charge in [-0.05, 0) is 30.9 Å². The van der Waals surface area contributed by atoms with Gasteiger partial charge in [0.1, 0.15) is 5.82 Å². The molecule has 0 fully saturated rings. The molecular formula is C15H25N3S. The summed E-state index contributed by atoms with van der Waals surface area (Å²) in [6.45, 7) is 10.9. The lowest BCUT2D eigenvalue weighted by molar-refractivity contribution is 0.603. The molecule has 1 aromatic heterocycles. The van der Waals surface area contributed by atoms with E-state index in [9.17, 15) is 0 Å². The Morgan fingerprint density at radius 2 is 2.05 bits per heavy atom. The van der Waals surface area contributed by atoms with Crippen molar-refractivity contribution in [3.63, 3.8) is 0 Å². The molecule has 3 nitrogen and oxygen atoms in total. The molecule has 1 aliphatic rings. The molecule has 0 saturated carbocycles. The summed E-state index contributed by atoms with van der Waals surface area (Å²) in [4.78, 5) is 9.60. The van der Waals surface area contributed by atoms with Gasteiger partial charge >= 0.3 is 0 Å². The van der Waals surface area contributed by atoms with Gasteiger partial charge in [0.25, 0.3) is 0 Å². The average Bonchev–Trinajstić information content (AvgIpc) is 2.43.